The topological polar surface area (TPSA) is 317 Å². The molecule has 194 valence electrons. The molecule has 0 aliphatic rings. The van der Waals surface area contributed by atoms with Crippen molar-refractivity contribution in [2.45, 2.75) is 61.0 Å². The predicted octanol–water partition coefficient (Wildman–Crippen LogP) is -9.06. The van der Waals surface area contributed by atoms with Crippen LogP contribution < -0.4 is 0 Å². The molecule has 16 nitrogen and oxygen atoms in total. The molecule has 10 unspecified atom stereocenters. The van der Waals surface area contributed by atoms with Crippen molar-refractivity contribution in [2.24, 2.45) is 0 Å². The molecule has 0 aliphatic heterocycles. The van der Waals surface area contributed by atoms with E-state index in [2.05, 4.69) is 0 Å². The number of hydrogen-bond donors (Lipinski definition) is 14. The summed E-state index contributed by atoms with van der Waals surface area (Å²) in [6.07, 6.45) is -15.7. The Bertz CT molecular complexity index is 414. The normalized spacial score (nSPS) is 20.3. The highest BCUT2D eigenvalue weighted by molar-refractivity contribution is 5.57. The van der Waals surface area contributed by atoms with Gasteiger partial charge in [-0.15, -0.1) is 0 Å². The summed E-state index contributed by atoms with van der Waals surface area (Å²) in [5.74, 6) is 0. The number of aliphatic hydroxyl groups excluding tert-OH is 14. The Labute approximate surface area is 182 Å². The van der Waals surface area contributed by atoms with Crippen LogP contribution in [0.25, 0.3) is 0 Å². The van der Waals surface area contributed by atoms with Gasteiger partial charge < -0.3 is 81.1 Å². The Hall–Kier alpha value is -1.22. The van der Waals surface area contributed by atoms with Crippen molar-refractivity contribution in [2.75, 3.05) is 26.4 Å². The average Bonchev–Trinajstić information content (AvgIpc) is 2.84. The van der Waals surface area contributed by atoms with Gasteiger partial charge in [0.2, 0.25) is 0 Å². The van der Waals surface area contributed by atoms with Crippen molar-refractivity contribution in [1.29, 1.82) is 0 Å². The van der Waals surface area contributed by atoms with Crippen molar-refractivity contribution in [3.63, 3.8) is 0 Å². The minimum Gasteiger partial charge on any atom is -0.394 e. The Morgan fingerprint density at radius 1 is 0.406 bits per heavy atom. The minimum atomic E-state index is -1.67. The monoisotopic (exact) mass is 482 g/mol. The molecule has 0 aromatic rings. The minimum absolute atomic E-state index is 0.0869. The van der Waals surface area contributed by atoms with Gasteiger partial charge in [-0.05, 0) is 0 Å². The van der Waals surface area contributed by atoms with E-state index < -0.39 is 87.5 Å². The van der Waals surface area contributed by atoms with Crippen molar-refractivity contribution < 1.29 is 81.1 Å². The second kappa shape index (κ2) is 20.4. The van der Waals surface area contributed by atoms with E-state index in [9.17, 15) is 9.59 Å². The SMILES string of the molecule is O=CC(O)C(O)C(O)CO.O=CC(O)C(O)C(O)CO.OCC(O)C(O)C(O)C(O)CO. The Morgan fingerprint density at radius 3 is 0.750 bits per heavy atom. The third kappa shape index (κ3) is 14.8. The first-order chi connectivity index (χ1) is 14.8. The van der Waals surface area contributed by atoms with Crippen molar-refractivity contribution >= 4 is 12.6 Å². The molecular formula is C16H34O16. The first-order valence-electron chi connectivity index (χ1n) is 8.95. The highest BCUT2D eigenvalue weighted by Gasteiger charge is 2.29. The van der Waals surface area contributed by atoms with E-state index in [-0.39, 0.29) is 12.6 Å². The lowest BCUT2D eigenvalue weighted by Gasteiger charge is -2.24. The first kappa shape index (κ1) is 35.4. The van der Waals surface area contributed by atoms with Crippen LogP contribution in [0.5, 0.6) is 0 Å². The molecular weight excluding hydrogens is 448 g/mol. The van der Waals surface area contributed by atoms with Crippen molar-refractivity contribution in [3.05, 3.63) is 0 Å². The van der Waals surface area contributed by atoms with E-state index in [0.717, 1.165) is 0 Å². The Balaban J connectivity index is -0.000000397. The number of hydrogen-bond acceptors (Lipinski definition) is 16. The second-order valence-electron chi connectivity index (χ2n) is 6.22. The maximum atomic E-state index is 9.76. The fourth-order valence-electron chi connectivity index (χ4n) is 1.50. The van der Waals surface area contributed by atoms with Gasteiger partial charge in [0, 0.05) is 0 Å². The van der Waals surface area contributed by atoms with Crippen LogP contribution in [-0.2, 0) is 9.59 Å². The molecule has 0 heterocycles. The summed E-state index contributed by atoms with van der Waals surface area (Å²) in [4.78, 5) is 19.5. The largest absolute Gasteiger partial charge is 0.394 e. The van der Waals surface area contributed by atoms with E-state index in [1.54, 1.807) is 0 Å². The van der Waals surface area contributed by atoms with Crippen LogP contribution in [0.1, 0.15) is 0 Å². The van der Waals surface area contributed by atoms with Gasteiger partial charge in [-0.3, -0.25) is 0 Å². The number of rotatable bonds is 13. The molecule has 0 amide bonds. The number of carbonyl (C=O) groups is 2. The van der Waals surface area contributed by atoms with Gasteiger partial charge in [0.1, 0.15) is 61.0 Å². The molecule has 0 aliphatic carbocycles. The van der Waals surface area contributed by atoms with Gasteiger partial charge in [0.25, 0.3) is 0 Å². The molecule has 10 atom stereocenters. The molecule has 0 spiro atoms. The standard InChI is InChI=1S/C6H14O6.2C5H10O5/c7-1-3(9)5(11)6(12)4(10)2-8;2*6-1-3(8)5(10)4(9)2-7/h3-12H,1-2H2;2*1,3-5,7-10H,2H2. The molecule has 0 radical (unpaired) electrons. The molecule has 0 saturated heterocycles. The highest BCUT2D eigenvalue weighted by atomic mass is 16.4. The highest BCUT2D eigenvalue weighted by Crippen LogP contribution is 2.04. The van der Waals surface area contributed by atoms with Crippen LogP contribution in [0.2, 0.25) is 0 Å². The molecule has 0 fully saturated rings. The fourth-order valence-corrected chi connectivity index (χ4v) is 1.50. The smallest absolute Gasteiger partial charge is 0.151 e. The van der Waals surface area contributed by atoms with Crippen LogP contribution in [0, 0.1) is 0 Å². The van der Waals surface area contributed by atoms with Gasteiger partial charge in [0.15, 0.2) is 12.6 Å². The summed E-state index contributed by atoms with van der Waals surface area (Å²) < 4.78 is 0. The average molecular weight is 482 g/mol. The second-order valence-corrected chi connectivity index (χ2v) is 6.22. The Kier molecular flexibility index (Phi) is 22.5. The van der Waals surface area contributed by atoms with Crippen LogP contribution in [0.4, 0.5) is 0 Å². The van der Waals surface area contributed by atoms with E-state index in [0.29, 0.717) is 0 Å². The maximum absolute atomic E-state index is 9.76. The zero-order valence-electron chi connectivity index (χ0n) is 16.8. The number of aldehydes is 2. The lowest BCUT2D eigenvalue weighted by atomic mass is 10.0. The summed E-state index contributed by atoms with van der Waals surface area (Å²) in [5, 5.41) is 120. The van der Waals surface area contributed by atoms with Crippen LogP contribution in [0.3, 0.4) is 0 Å². The zero-order chi connectivity index (χ0) is 26.0. The molecule has 0 saturated carbocycles. The summed E-state index contributed by atoms with van der Waals surface area (Å²) in [6.45, 7) is -2.83. The van der Waals surface area contributed by atoms with Gasteiger partial charge in [-0.2, -0.15) is 0 Å². The third-order valence-electron chi connectivity index (χ3n) is 3.65. The quantitative estimate of drug-likeness (QED) is 0.108. The summed E-state index contributed by atoms with van der Waals surface area (Å²) in [6, 6.07) is 0. The fraction of sp³-hybridized carbons (Fsp3) is 0.875. The van der Waals surface area contributed by atoms with E-state index in [1.165, 1.54) is 0 Å². The van der Waals surface area contributed by atoms with Crippen LogP contribution in [-0.4, -0.2) is 172 Å². The van der Waals surface area contributed by atoms with E-state index in [1.807, 2.05) is 0 Å². The molecule has 0 bridgehead atoms. The van der Waals surface area contributed by atoms with Crippen molar-refractivity contribution in [1.82, 2.24) is 0 Å². The Morgan fingerprint density at radius 2 is 0.594 bits per heavy atom. The van der Waals surface area contributed by atoms with Gasteiger partial charge >= 0.3 is 0 Å². The zero-order valence-corrected chi connectivity index (χ0v) is 16.8. The molecule has 0 aromatic heterocycles. The van der Waals surface area contributed by atoms with E-state index >= 15 is 0 Å². The third-order valence-corrected chi connectivity index (χ3v) is 3.65. The molecule has 0 aromatic carbocycles. The van der Waals surface area contributed by atoms with Gasteiger partial charge in [0.05, 0.1) is 26.4 Å². The summed E-state index contributed by atoms with van der Waals surface area (Å²) in [7, 11) is 0. The molecule has 0 rings (SSSR count). The lowest BCUT2D eigenvalue weighted by molar-refractivity contribution is -0.128. The molecule has 16 heteroatoms. The molecule has 32 heavy (non-hydrogen) atoms. The summed E-state index contributed by atoms with van der Waals surface area (Å²) in [5.41, 5.74) is 0. The first-order valence-corrected chi connectivity index (χ1v) is 8.95. The lowest BCUT2D eigenvalue weighted by Crippen LogP contribution is -2.46. The van der Waals surface area contributed by atoms with Crippen LogP contribution in [0.15, 0.2) is 0 Å². The van der Waals surface area contributed by atoms with E-state index in [4.69, 9.17) is 71.5 Å². The van der Waals surface area contributed by atoms with Gasteiger partial charge in [-0.1, -0.05) is 0 Å². The number of aliphatic hydroxyl groups is 14. The van der Waals surface area contributed by atoms with Gasteiger partial charge in [-0.25, -0.2) is 0 Å². The molecule has 14 N–H and O–H groups in total. The van der Waals surface area contributed by atoms with Crippen LogP contribution >= 0.6 is 0 Å². The predicted molar refractivity (Wildman–Crippen MR) is 101 cm³/mol. The summed E-state index contributed by atoms with van der Waals surface area (Å²) >= 11 is 0. The maximum Gasteiger partial charge on any atom is 0.151 e. The number of carbonyl (C=O) groups excluding carboxylic acids is 2. The van der Waals surface area contributed by atoms with Crippen molar-refractivity contribution in [3.8, 4) is 0 Å².